The Balaban J connectivity index is 2.04. The lowest BCUT2D eigenvalue weighted by molar-refractivity contribution is -0.128. The quantitative estimate of drug-likeness (QED) is 0.843. The summed E-state index contributed by atoms with van der Waals surface area (Å²) in [5.74, 6) is -0.162. The number of hydrogen-bond acceptors (Lipinski definition) is 3. The molecule has 1 amide bonds. The second kappa shape index (κ2) is 5.49. The molecule has 1 aromatic carbocycles. The smallest absolute Gasteiger partial charge is 0.254 e. The summed E-state index contributed by atoms with van der Waals surface area (Å²) in [4.78, 5) is 11.9. The van der Waals surface area contributed by atoms with Gasteiger partial charge in [-0.3, -0.25) is 4.79 Å². The molecule has 0 radical (unpaired) electrons. The van der Waals surface area contributed by atoms with E-state index in [2.05, 4.69) is 10.6 Å². The van der Waals surface area contributed by atoms with Crippen LogP contribution in [0.15, 0.2) is 18.2 Å². The van der Waals surface area contributed by atoms with Crippen LogP contribution in [0.25, 0.3) is 0 Å². The fourth-order valence-corrected chi connectivity index (χ4v) is 1.86. The molecular weight excluding hydrogens is 240 g/mol. The van der Waals surface area contributed by atoms with Crippen LogP contribution in [-0.4, -0.2) is 31.7 Å². The number of carbonyl (C=O) groups is 1. The van der Waals surface area contributed by atoms with E-state index in [1.54, 1.807) is 6.07 Å². The number of morpholine rings is 1. The number of rotatable bonds is 2. The molecule has 92 valence electrons. The minimum Gasteiger partial charge on any atom is -0.366 e. The monoisotopic (exact) mass is 254 g/mol. The summed E-state index contributed by atoms with van der Waals surface area (Å²) in [6, 6.07) is 5.54. The van der Waals surface area contributed by atoms with Gasteiger partial charge in [0.05, 0.1) is 17.3 Å². The van der Waals surface area contributed by atoms with Gasteiger partial charge in [0.15, 0.2) is 0 Å². The maximum atomic E-state index is 11.9. The molecule has 0 spiro atoms. The van der Waals surface area contributed by atoms with Crippen molar-refractivity contribution >= 4 is 23.2 Å². The maximum absolute atomic E-state index is 11.9. The molecule has 1 saturated heterocycles. The molecule has 5 heteroatoms. The molecule has 2 rings (SSSR count). The number of aryl methyl sites for hydroxylation is 1. The molecule has 1 atom stereocenters. The molecule has 0 aromatic heterocycles. The van der Waals surface area contributed by atoms with Gasteiger partial charge in [-0.1, -0.05) is 23.7 Å². The van der Waals surface area contributed by atoms with Gasteiger partial charge in [-0.25, -0.2) is 0 Å². The first-order valence-electron chi connectivity index (χ1n) is 5.57. The van der Waals surface area contributed by atoms with Gasteiger partial charge < -0.3 is 15.4 Å². The predicted molar refractivity (Wildman–Crippen MR) is 67.4 cm³/mol. The van der Waals surface area contributed by atoms with Crippen molar-refractivity contribution in [3.63, 3.8) is 0 Å². The van der Waals surface area contributed by atoms with Crippen molar-refractivity contribution in [1.29, 1.82) is 0 Å². The highest BCUT2D eigenvalue weighted by molar-refractivity contribution is 6.34. The summed E-state index contributed by atoms with van der Waals surface area (Å²) in [6.45, 7) is 3.78. The standard InChI is InChI=1S/C12H15ClN2O2/c1-8-3-2-4-9(11(8)13)15-12(16)10-7-14-5-6-17-10/h2-4,10,14H,5-7H2,1H3,(H,15,16). The van der Waals surface area contributed by atoms with Crippen LogP contribution in [0, 0.1) is 6.92 Å². The van der Waals surface area contributed by atoms with Gasteiger partial charge in [-0.05, 0) is 18.6 Å². The van der Waals surface area contributed by atoms with E-state index in [1.165, 1.54) is 0 Å². The number of anilines is 1. The van der Waals surface area contributed by atoms with E-state index in [-0.39, 0.29) is 5.91 Å². The number of benzene rings is 1. The van der Waals surface area contributed by atoms with Crippen molar-refractivity contribution in [2.45, 2.75) is 13.0 Å². The Morgan fingerprint density at radius 2 is 2.41 bits per heavy atom. The second-order valence-corrected chi connectivity index (χ2v) is 4.37. The number of ether oxygens (including phenoxy) is 1. The second-order valence-electron chi connectivity index (χ2n) is 3.99. The highest BCUT2D eigenvalue weighted by Gasteiger charge is 2.22. The van der Waals surface area contributed by atoms with Crippen LogP contribution in [0.1, 0.15) is 5.56 Å². The number of carbonyl (C=O) groups excluding carboxylic acids is 1. The Hall–Kier alpha value is -1.10. The summed E-state index contributed by atoms with van der Waals surface area (Å²) in [6.07, 6.45) is -0.444. The Morgan fingerprint density at radius 1 is 1.59 bits per heavy atom. The molecule has 1 aliphatic heterocycles. The molecule has 4 nitrogen and oxygen atoms in total. The largest absolute Gasteiger partial charge is 0.366 e. The van der Waals surface area contributed by atoms with E-state index < -0.39 is 6.10 Å². The van der Waals surface area contributed by atoms with E-state index in [4.69, 9.17) is 16.3 Å². The van der Waals surface area contributed by atoms with Crippen LogP contribution < -0.4 is 10.6 Å². The SMILES string of the molecule is Cc1cccc(NC(=O)C2CNCCO2)c1Cl. The van der Waals surface area contributed by atoms with E-state index in [9.17, 15) is 4.79 Å². The van der Waals surface area contributed by atoms with E-state index >= 15 is 0 Å². The van der Waals surface area contributed by atoms with Crippen molar-refractivity contribution in [3.8, 4) is 0 Å². The highest BCUT2D eigenvalue weighted by Crippen LogP contribution is 2.25. The third-order valence-electron chi connectivity index (χ3n) is 2.67. The fourth-order valence-electron chi connectivity index (χ4n) is 1.69. The summed E-state index contributed by atoms with van der Waals surface area (Å²) >= 11 is 6.11. The molecule has 0 saturated carbocycles. The zero-order valence-corrected chi connectivity index (χ0v) is 10.4. The summed E-state index contributed by atoms with van der Waals surface area (Å²) in [7, 11) is 0. The molecule has 1 heterocycles. The van der Waals surface area contributed by atoms with Crippen LogP contribution in [0.2, 0.25) is 5.02 Å². The van der Waals surface area contributed by atoms with Crippen LogP contribution >= 0.6 is 11.6 Å². The molecule has 1 fully saturated rings. The van der Waals surface area contributed by atoms with Gasteiger partial charge in [0.25, 0.3) is 5.91 Å². The number of hydrogen-bond donors (Lipinski definition) is 2. The Kier molecular flexibility index (Phi) is 3.99. The van der Waals surface area contributed by atoms with E-state index in [1.807, 2.05) is 19.1 Å². The molecule has 1 aromatic rings. The molecule has 1 aliphatic rings. The Morgan fingerprint density at radius 3 is 3.12 bits per heavy atom. The van der Waals surface area contributed by atoms with E-state index in [0.29, 0.717) is 23.9 Å². The summed E-state index contributed by atoms with van der Waals surface area (Å²) in [5.41, 5.74) is 1.57. The van der Waals surface area contributed by atoms with Crippen LogP contribution in [0.3, 0.4) is 0 Å². The minimum absolute atomic E-state index is 0.162. The topological polar surface area (TPSA) is 50.4 Å². The van der Waals surface area contributed by atoms with Crippen LogP contribution in [-0.2, 0) is 9.53 Å². The molecule has 17 heavy (non-hydrogen) atoms. The molecule has 1 unspecified atom stereocenters. The van der Waals surface area contributed by atoms with Crippen molar-refractivity contribution in [3.05, 3.63) is 28.8 Å². The first kappa shape index (κ1) is 12.4. The van der Waals surface area contributed by atoms with Crippen molar-refractivity contribution in [2.75, 3.05) is 25.0 Å². The lowest BCUT2D eigenvalue weighted by Gasteiger charge is -2.23. The van der Waals surface area contributed by atoms with E-state index in [0.717, 1.165) is 12.1 Å². The average Bonchev–Trinajstić information content (AvgIpc) is 2.36. The highest BCUT2D eigenvalue weighted by atomic mass is 35.5. The zero-order chi connectivity index (χ0) is 12.3. The number of halogens is 1. The predicted octanol–water partition coefficient (Wildman–Crippen LogP) is 1.58. The Labute approximate surface area is 105 Å². The summed E-state index contributed by atoms with van der Waals surface area (Å²) < 4.78 is 5.36. The number of amides is 1. The van der Waals surface area contributed by atoms with Gasteiger partial charge in [0.1, 0.15) is 6.10 Å². The third-order valence-corrected chi connectivity index (χ3v) is 3.17. The van der Waals surface area contributed by atoms with Crippen molar-refractivity contribution in [1.82, 2.24) is 5.32 Å². The van der Waals surface area contributed by atoms with Crippen LogP contribution in [0.4, 0.5) is 5.69 Å². The van der Waals surface area contributed by atoms with Gasteiger partial charge in [-0.15, -0.1) is 0 Å². The normalized spacial score (nSPS) is 20.0. The third kappa shape index (κ3) is 2.97. The Bertz CT molecular complexity index is 417. The molecule has 0 aliphatic carbocycles. The summed E-state index contributed by atoms with van der Waals surface area (Å²) in [5, 5.41) is 6.47. The van der Waals surface area contributed by atoms with Gasteiger partial charge in [-0.2, -0.15) is 0 Å². The lowest BCUT2D eigenvalue weighted by atomic mass is 10.2. The average molecular weight is 255 g/mol. The van der Waals surface area contributed by atoms with Crippen molar-refractivity contribution in [2.24, 2.45) is 0 Å². The lowest BCUT2D eigenvalue weighted by Crippen LogP contribution is -2.45. The number of nitrogens with one attached hydrogen (secondary N) is 2. The van der Waals surface area contributed by atoms with Crippen molar-refractivity contribution < 1.29 is 9.53 Å². The first-order valence-corrected chi connectivity index (χ1v) is 5.94. The zero-order valence-electron chi connectivity index (χ0n) is 9.63. The van der Waals surface area contributed by atoms with Gasteiger partial charge in [0, 0.05) is 13.1 Å². The minimum atomic E-state index is -0.444. The van der Waals surface area contributed by atoms with Gasteiger partial charge >= 0.3 is 0 Å². The molecular formula is C12H15ClN2O2. The molecule has 0 bridgehead atoms. The van der Waals surface area contributed by atoms with Crippen LogP contribution in [0.5, 0.6) is 0 Å². The maximum Gasteiger partial charge on any atom is 0.254 e. The molecule has 2 N–H and O–H groups in total. The fraction of sp³-hybridized carbons (Fsp3) is 0.417. The first-order chi connectivity index (χ1) is 8.18. The van der Waals surface area contributed by atoms with Gasteiger partial charge in [0.2, 0.25) is 0 Å².